The molecular formula is C29H26N2O5. The van der Waals surface area contributed by atoms with E-state index in [0.29, 0.717) is 34.7 Å². The fraction of sp³-hybridized carbons (Fsp3) is 0.276. The van der Waals surface area contributed by atoms with Crippen molar-refractivity contribution in [3.05, 3.63) is 88.5 Å². The van der Waals surface area contributed by atoms with Crippen LogP contribution in [0.4, 0.5) is 5.69 Å². The lowest BCUT2D eigenvalue weighted by atomic mass is 10.1. The molecule has 36 heavy (non-hydrogen) atoms. The first-order valence-corrected chi connectivity index (χ1v) is 12.3. The summed E-state index contributed by atoms with van der Waals surface area (Å²) in [5, 5.41) is 0. The number of benzene rings is 3. The number of fused-ring (bicyclic) bond motifs is 2. The molecule has 0 N–H and O–H groups in total. The van der Waals surface area contributed by atoms with E-state index in [1.807, 2.05) is 30.3 Å². The Hall–Kier alpha value is -4.13. The van der Waals surface area contributed by atoms with Gasteiger partial charge in [0.05, 0.1) is 37.4 Å². The molecule has 0 radical (unpaired) electrons. The number of amides is 3. The van der Waals surface area contributed by atoms with Gasteiger partial charge in [0.1, 0.15) is 0 Å². The second kappa shape index (κ2) is 8.82. The Morgan fingerprint density at radius 2 is 1.53 bits per heavy atom. The predicted molar refractivity (Wildman–Crippen MR) is 133 cm³/mol. The van der Waals surface area contributed by atoms with Crippen LogP contribution in [0.25, 0.3) is 0 Å². The van der Waals surface area contributed by atoms with Crippen LogP contribution in [-0.4, -0.2) is 35.8 Å². The van der Waals surface area contributed by atoms with Crippen molar-refractivity contribution in [2.75, 3.05) is 12.0 Å². The van der Waals surface area contributed by atoms with Gasteiger partial charge in [-0.05, 0) is 67.1 Å². The van der Waals surface area contributed by atoms with Crippen LogP contribution in [0.1, 0.15) is 67.9 Å². The van der Waals surface area contributed by atoms with Gasteiger partial charge in [0.25, 0.3) is 17.7 Å². The van der Waals surface area contributed by atoms with E-state index in [0.717, 1.165) is 42.5 Å². The fourth-order valence-electron chi connectivity index (χ4n) is 5.33. The maximum atomic E-state index is 13.4. The molecule has 3 aromatic rings. The molecule has 7 heteroatoms. The predicted octanol–water partition coefficient (Wildman–Crippen LogP) is 4.97. The first kappa shape index (κ1) is 22.3. The molecule has 7 nitrogen and oxygen atoms in total. The van der Waals surface area contributed by atoms with Crippen LogP contribution in [0.3, 0.4) is 0 Å². The zero-order valence-corrected chi connectivity index (χ0v) is 20.0. The summed E-state index contributed by atoms with van der Waals surface area (Å²) >= 11 is 0. The molecule has 0 unspecified atom stereocenters. The zero-order valence-electron chi connectivity index (χ0n) is 20.0. The summed E-state index contributed by atoms with van der Waals surface area (Å²) in [6, 6.07) is 18.0. The van der Waals surface area contributed by atoms with Crippen molar-refractivity contribution in [2.24, 2.45) is 0 Å². The molecule has 1 saturated carbocycles. The SMILES string of the molecule is COc1ccc(N2Cc3ccc(CN4C(=O)c5ccccc5C4=O)cc3C2=O)cc1OC1CCCC1. The summed E-state index contributed by atoms with van der Waals surface area (Å²) in [6.07, 6.45) is 4.55. The molecule has 6 rings (SSSR count). The van der Waals surface area contributed by atoms with Crippen molar-refractivity contribution < 1.29 is 23.9 Å². The van der Waals surface area contributed by atoms with Gasteiger partial charge >= 0.3 is 0 Å². The Labute approximate surface area is 209 Å². The molecule has 3 aromatic carbocycles. The van der Waals surface area contributed by atoms with Crippen molar-refractivity contribution in [2.45, 2.75) is 44.9 Å². The average molecular weight is 483 g/mol. The van der Waals surface area contributed by atoms with Gasteiger partial charge in [-0.25, -0.2) is 0 Å². The van der Waals surface area contributed by atoms with Crippen molar-refractivity contribution in [3.63, 3.8) is 0 Å². The fourth-order valence-corrected chi connectivity index (χ4v) is 5.33. The monoisotopic (exact) mass is 482 g/mol. The summed E-state index contributed by atoms with van der Waals surface area (Å²) in [5.41, 5.74) is 3.80. The highest BCUT2D eigenvalue weighted by atomic mass is 16.5. The van der Waals surface area contributed by atoms with E-state index >= 15 is 0 Å². The molecule has 1 aliphatic carbocycles. The Morgan fingerprint density at radius 1 is 0.806 bits per heavy atom. The minimum atomic E-state index is -0.308. The summed E-state index contributed by atoms with van der Waals surface area (Å²) in [7, 11) is 1.61. The van der Waals surface area contributed by atoms with Crippen LogP contribution in [-0.2, 0) is 13.1 Å². The van der Waals surface area contributed by atoms with E-state index in [1.165, 1.54) is 4.90 Å². The van der Waals surface area contributed by atoms with Gasteiger partial charge in [-0.2, -0.15) is 0 Å². The second-order valence-electron chi connectivity index (χ2n) is 9.48. The lowest BCUT2D eigenvalue weighted by Gasteiger charge is -2.20. The minimum absolute atomic E-state index is 0.119. The van der Waals surface area contributed by atoms with Crippen LogP contribution in [0.5, 0.6) is 11.5 Å². The van der Waals surface area contributed by atoms with E-state index in [2.05, 4.69) is 0 Å². The van der Waals surface area contributed by atoms with Gasteiger partial charge in [0.15, 0.2) is 11.5 Å². The summed E-state index contributed by atoms with van der Waals surface area (Å²) in [4.78, 5) is 41.9. The third-order valence-corrected chi connectivity index (χ3v) is 7.25. The smallest absolute Gasteiger partial charge is 0.261 e. The molecular weight excluding hydrogens is 456 g/mol. The van der Waals surface area contributed by atoms with Crippen LogP contribution in [0, 0.1) is 0 Å². The van der Waals surface area contributed by atoms with Gasteiger partial charge in [0.2, 0.25) is 0 Å². The topological polar surface area (TPSA) is 76.2 Å². The molecule has 0 bridgehead atoms. The number of ether oxygens (including phenoxy) is 2. The van der Waals surface area contributed by atoms with Crippen molar-refractivity contribution in [3.8, 4) is 11.5 Å². The van der Waals surface area contributed by atoms with E-state index in [-0.39, 0.29) is 30.4 Å². The third kappa shape index (κ3) is 3.71. The highest BCUT2D eigenvalue weighted by Gasteiger charge is 2.36. The normalized spacial score (nSPS) is 17.1. The molecule has 2 heterocycles. The van der Waals surface area contributed by atoms with Crippen LogP contribution < -0.4 is 14.4 Å². The number of nitrogens with zero attached hydrogens (tertiary/aromatic N) is 2. The lowest BCUT2D eigenvalue weighted by Crippen LogP contribution is -2.29. The van der Waals surface area contributed by atoms with E-state index in [4.69, 9.17) is 9.47 Å². The molecule has 3 amide bonds. The Balaban J connectivity index is 1.23. The minimum Gasteiger partial charge on any atom is -0.493 e. The lowest BCUT2D eigenvalue weighted by molar-refractivity contribution is 0.0642. The maximum Gasteiger partial charge on any atom is 0.261 e. The van der Waals surface area contributed by atoms with Gasteiger partial charge in [-0.3, -0.25) is 19.3 Å². The quantitative estimate of drug-likeness (QED) is 0.464. The Morgan fingerprint density at radius 3 is 2.22 bits per heavy atom. The highest BCUT2D eigenvalue weighted by Crippen LogP contribution is 2.38. The van der Waals surface area contributed by atoms with Crippen LogP contribution >= 0.6 is 0 Å². The van der Waals surface area contributed by atoms with E-state index in [1.54, 1.807) is 42.3 Å². The summed E-state index contributed by atoms with van der Waals surface area (Å²) < 4.78 is 11.7. The van der Waals surface area contributed by atoms with E-state index in [9.17, 15) is 14.4 Å². The number of hydrogen-bond acceptors (Lipinski definition) is 5. The number of carbonyl (C=O) groups excluding carboxylic acids is 3. The first-order chi connectivity index (χ1) is 17.5. The Bertz CT molecular complexity index is 1360. The summed E-state index contributed by atoms with van der Waals surface area (Å²) in [6.45, 7) is 0.561. The molecule has 3 aliphatic rings. The maximum absolute atomic E-state index is 13.4. The number of anilines is 1. The molecule has 0 spiro atoms. The number of hydrogen-bond donors (Lipinski definition) is 0. The van der Waals surface area contributed by atoms with Gasteiger partial charge in [-0.15, -0.1) is 0 Å². The molecule has 182 valence electrons. The van der Waals surface area contributed by atoms with Crippen LogP contribution in [0.2, 0.25) is 0 Å². The van der Waals surface area contributed by atoms with Crippen LogP contribution in [0.15, 0.2) is 60.7 Å². The number of rotatable bonds is 6. The average Bonchev–Trinajstić information content (AvgIpc) is 3.59. The molecule has 2 aliphatic heterocycles. The van der Waals surface area contributed by atoms with Crippen molar-refractivity contribution >= 4 is 23.4 Å². The van der Waals surface area contributed by atoms with Gasteiger partial charge < -0.3 is 14.4 Å². The standard InChI is InChI=1S/C29H26N2O5/c1-35-25-13-12-20(15-26(25)36-21-6-2-3-7-21)30-17-19-11-10-18(14-24(19)29(30)34)16-31-27(32)22-8-4-5-9-23(22)28(31)33/h4-5,8-15,21H,2-3,6-7,16-17H2,1H3. The van der Waals surface area contributed by atoms with Crippen molar-refractivity contribution in [1.29, 1.82) is 0 Å². The highest BCUT2D eigenvalue weighted by molar-refractivity contribution is 6.21. The molecule has 0 atom stereocenters. The zero-order chi connectivity index (χ0) is 24.8. The number of imide groups is 1. The number of carbonyl (C=O) groups is 3. The number of methoxy groups -OCH3 is 1. The molecule has 0 aromatic heterocycles. The summed E-state index contributed by atoms with van der Waals surface area (Å²) in [5.74, 6) is 0.565. The third-order valence-electron chi connectivity index (χ3n) is 7.25. The molecule has 0 saturated heterocycles. The van der Waals surface area contributed by atoms with Crippen molar-refractivity contribution in [1.82, 2.24) is 4.90 Å². The van der Waals surface area contributed by atoms with Gasteiger partial charge in [0, 0.05) is 17.3 Å². The van der Waals surface area contributed by atoms with E-state index < -0.39 is 0 Å². The Kier molecular flexibility index (Phi) is 5.48. The van der Waals surface area contributed by atoms with Gasteiger partial charge in [-0.1, -0.05) is 24.3 Å². The first-order valence-electron chi connectivity index (χ1n) is 12.3. The second-order valence-corrected chi connectivity index (χ2v) is 9.48. The molecule has 1 fully saturated rings. The largest absolute Gasteiger partial charge is 0.493 e.